The fraction of sp³-hybridized carbons (Fsp3) is 0.952. The van der Waals surface area contributed by atoms with Crippen molar-refractivity contribution in [1.82, 2.24) is 19.8 Å². The molecule has 2 saturated heterocycles. The first-order valence-corrected chi connectivity index (χ1v) is 13.5. The standard InChI is InChI=1S/C21H41N5O2S.HI/c1-3-22-21(23-17-18-9-15-26(16-10-18)29(2,27)28)24-19-11-13-25(14-12-19)20-7-5-4-6-8-20;/h18-20H,3-17H2,1-2H3,(H2,22,23,24);1H. The summed E-state index contributed by atoms with van der Waals surface area (Å²) in [5, 5.41) is 7.05. The molecule has 0 spiro atoms. The number of sulfonamides is 1. The van der Waals surface area contributed by atoms with Gasteiger partial charge in [-0.05, 0) is 51.4 Å². The van der Waals surface area contributed by atoms with Gasteiger partial charge in [-0.2, -0.15) is 0 Å². The molecule has 0 aromatic rings. The van der Waals surface area contributed by atoms with E-state index in [1.165, 1.54) is 64.3 Å². The lowest BCUT2D eigenvalue weighted by molar-refractivity contribution is 0.119. The SMILES string of the molecule is CCNC(=NCC1CCN(S(C)(=O)=O)CC1)NC1CCN(C2CCCCC2)CC1.I. The van der Waals surface area contributed by atoms with E-state index in [9.17, 15) is 8.42 Å². The molecule has 9 heteroatoms. The average Bonchev–Trinajstić information content (AvgIpc) is 2.73. The Kier molecular flexibility index (Phi) is 11.1. The van der Waals surface area contributed by atoms with Gasteiger partial charge in [0.25, 0.3) is 0 Å². The van der Waals surface area contributed by atoms with E-state index in [4.69, 9.17) is 4.99 Å². The van der Waals surface area contributed by atoms with E-state index in [0.717, 1.165) is 37.9 Å². The van der Waals surface area contributed by atoms with E-state index >= 15 is 0 Å². The molecule has 2 heterocycles. The van der Waals surface area contributed by atoms with Gasteiger partial charge in [-0.1, -0.05) is 19.3 Å². The summed E-state index contributed by atoms with van der Waals surface area (Å²) in [7, 11) is -3.05. The minimum atomic E-state index is -3.05. The Balaban J connectivity index is 0.00000320. The van der Waals surface area contributed by atoms with E-state index < -0.39 is 10.0 Å². The van der Waals surface area contributed by atoms with Crippen molar-refractivity contribution in [2.75, 3.05) is 45.5 Å². The Bertz CT molecular complexity index is 623. The normalized spacial score (nSPS) is 24.4. The third-order valence-electron chi connectivity index (χ3n) is 6.86. The molecule has 2 N–H and O–H groups in total. The van der Waals surface area contributed by atoms with Gasteiger partial charge in [0.05, 0.1) is 6.26 Å². The molecule has 3 rings (SSSR count). The van der Waals surface area contributed by atoms with Crippen LogP contribution in [-0.2, 0) is 10.0 Å². The maximum Gasteiger partial charge on any atom is 0.211 e. The predicted octanol–water partition coefficient (Wildman–Crippen LogP) is 2.63. The second-order valence-corrected chi connectivity index (χ2v) is 11.1. The molecular formula is C21H42IN5O2S. The molecule has 1 saturated carbocycles. The van der Waals surface area contributed by atoms with Crippen molar-refractivity contribution in [2.45, 2.75) is 76.8 Å². The van der Waals surface area contributed by atoms with Crippen LogP contribution >= 0.6 is 24.0 Å². The van der Waals surface area contributed by atoms with Crippen molar-refractivity contribution in [3.05, 3.63) is 0 Å². The zero-order valence-electron chi connectivity index (χ0n) is 18.8. The molecule has 0 aromatic heterocycles. The van der Waals surface area contributed by atoms with Gasteiger partial charge in [0.15, 0.2) is 5.96 Å². The van der Waals surface area contributed by atoms with E-state index in [-0.39, 0.29) is 24.0 Å². The summed E-state index contributed by atoms with van der Waals surface area (Å²) in [6.07, 6.45) is 12.5. The van der Waals surface area contributed by atoms with E-state index in [0.29, 0.717) is 25.0 Å². The molecule has 176 valence electrons. The van der Waals surface area contributed by atoms with Crippen molar-refractivity contribution >= 4 is 40.0 Å². The Labute approximate surface area is 200 Å². The highest BCUT2D eigenvalue weighted by Crippen LogP contribution is 2.25. The first-order valence-electron chi connectivity index (χ1n) is 11.7. The first-order chi connectivity index (χ1) is 14.0. The molecular weight excluding hydrogens is 513 g/mol. The number of piperidine rings is 2. The van der Waals surface area contributed by atoms with Gasteiger partial charge in [-0.15, -0.1) is 24.0 Å². The summed E-state index contributed by atoms with van der Waals surface area (Å²) in [6, 6.07) is 1.32. The zero-order chi connectivity index (χ0) is 20.7. The van der Waals surface area contributed by atoms with Crippen LogP contribution in [0.4, 0.5) is 0 Å². The molecule has 1 aliphatic carbocycles. The fourth-order valence-electron chi connectivity index (χ4n) is 5.01. The fourth-order valence-corrected chi connectivity index (χ4v) is 5.89. The Morgan fingerprint density at radius 1 is 0.967 bits per heavy atom. The molecule has 30 heavy (non-hydrogen) atoms. The maximum absolute atomic E-state index is 11.7. The summed E-state index contributed by atoms with van der Waals surface area (Å²) in [4.78, 5) is 7.56. The topological polar surface area (TPSA) is 77.0 Å². The minimum absolute atomic E-state index is 0. The first kappa shape index (κ1) is 26.1. The quantitative estimate of drug-likeness (QED) is 0.300. The van der Waals surface area contributed by atoms with Crippen LogP contribution < -0.4 is 10.6 Å². The molecule has 0 bridgehead atoms. The Morgan fingerprint density at radius 3 is 2.17 bits per heavy atom. The minimum Gasteiger partial charge on any atom is -0.357 e. The van der Waals surface area contributed by atoms with Crippen LogP contribution in [0.25, 0.3) is 0 Å². The van der Waals surface area contributed by atoms with Crippen LogP contribution in [0.1, 0.15) is 64.7 Å². The van der Waals surface area contributed by atoms with Gasteiger partial charge < -0.3 is 15.5 Å². The lowest BCUT2D eigenvalue weighted by Gasteiger charge is -2.39. The Hall–Kier alpha value is -0.130. The summed E-state index contributed by atoms with van der Waals surface area (Å²) in [5.74, 6) is 1.39. The van der Waals surface area contributed by atoms with Crippen molar-refractivity contribution in [3.8, 4) is 0 Å². The monoisotopic (exact) mass is 555 g/mol. The lowest BCUT2D eigenvalue weighted by Crippen LogP contribution is -2.51. The lowest BCUT2D eigenvalue weighted by atomic mass is 9.92. The van der Waals surface area contributed by atoms with Gasteiger partial charge in [-0.3, -0.25) is 4.99 Å². The third kappa shape index (κ3) is 8.09. The largest absolute Gasteiger partial charge is 0.357 e. The molecule has 2 aliphatic heterocycles. The molecule has 3 fully saturated rings. The van der Waals surface area contributed by atoms with E-state index in [1.807, 2.05) is 0 Å². The summed E-state index contributed by atoms with van der Waals surface area (Å²) >= 11 is 0. The van der Waals surface area contributed by atoms with Crippen molar-refractivity contribution in [1.29, 1.82) is 0 Å². The van der Waals surface area contributed by atoms with Gasteiger partial charge in [0.2, 0.25) is 10.0 Å². The van der Waals surface area contributed by atoms with Crippen LogP contribution in [0.5, 0.6) is 0 Å². The highest BCUT2D eigenvalue weighted by molar-refractivity contribution is 14.0. The molecule has 0 atom stereocenters. The highest BCUT2D eigenvalue weighted by atomic mass is 127. The third-order valence-corrected chi connectivity index (χ3v) is 8.16. The second kappa shape index (κ2) is 12.8. The van der Waals surface area contributed by atoms with Crippen LogP contribution in [0, 0.1) is 5.92 Å². The summed E-state index contributed by atoms with van der Waals surface area (Å²) < 4.78 is 24.9. The van der Waals surface area contributed by atoms with Crippen molar-refractivity contribution < 1.29 is 8.42 Å². The number of likely N-dealkylation sites (tertiary alicyclic amines) is 1. The van der Waals surface area contributed by atoms with Gasteiger partial charge >= 0.3 is 0 Å². The van der Waals surface area contributed by atoms with Crippen LogP contribution in [0.2, 0.25) is 0 Å². The van der Waals surface area contributed by atoms with Crippen molar-refractivity contribution in [3.63, 3.8) is 0 Å². The van der Waals surface area contributed by atoms with Crippen LogP contribution in [-0.4, -0.2) is 81.2 Å². The second-order valence-electron chi connectivity index (χ2n) is 9.07. The highest BCUT2D eigenvalue weighted by Gasteiger charge is 2.27. The number of hydrogen-bond acceptors (Lipinski definition) is 4. The number of rotatable bonds is 6. The van der Waals surface area contributed by atoms with Gasteiger partial charge in [0, 0.05) is 51.4 Å². The molecule has 0 radical (unpaired) electrons. The number of nitrogens with zero attached hydrogens (tertiary/aromatic N) is 3. The van der Waals surface area contributed by atoms with Crippen LogP contribution in [0.15, 0.2) is 4.99 Å². The summed E-state index contributed by atoms with van der Waals surface area (Å²) in [5.41, 5.74) is 0. The van der Waals surface area contributed by atoms with Gasteiger partial charge in [-0.25, -0.2) is 12.7 Å². The molecule has 0 aromatic carbocycles. The summed E-state index contributed by atoms with van der Waals surface area (Å²) in [6.45, 7) is 7.39. The molecule has 0 amide bonds. The number of guanidine groups is 1. The average molecular weight is 556 g/mol. The number of hydrogen-bond donors (Lipinski definition) is 2. The van der Waals surface area contributed by atoms with Gasteiger partial charge in [0.1, 0.15) is 0 Å². The van der Waals surface area contributed by atoms with E-state index in [2.05, 4.69) is 22.5 Å². The molecule has 7 nitrogen and oxygen atoms in total. The molecule has 0 unspecified atom stereocenters. The number of halogens is 1. The zero-order valence-corrected chi connectivity index (χ0v) is 22.0. The van der Waals surface area contributed by atoms with E-state index in [1.54, 1.807) is 4.31 Å². The smallest absolute Gasteiger partial charge is 0.211 e. The number of aliphatic imine (C=N–C) groups is 1. The Morgan fingerprint density at radius 2 is 1.60 bits per heavy atom. The number of nitrogens with one attached hydrogen (secondary N) is 2. The van der Waals surface area contributed by atoms with Crippen molar-refractivity contribution in [2.24, 2.45) is 10.9 Å². The van der Waals surface area contributed by atoms with Crippen LogP contribution in [0.3, 0.4) is 0 Å². The predicted molar refractivity (Wildman–Crippen MR) is 135 cm³/mol. The molecule has 3 aliphatic rings. The maximum atomic E-state index is 11.7.